The zero-order valence-corrected chi connectivity index (χ0v) is 14.6. The van der Waals surface area contributed by atoms with Crippen LogP contribution in [0.25, 0.3) is 16.1 Å². The summed E-state index contributed by atoms with van der Waals surface area (Å²) in [6.07, 6.45) is 1.44. The Bertz CT molecular complexity index is 1060. The zero-order valence-electron chi connectivity index (χ0n) is 13.0. The summed E-state index contributed by atoms with van der Waals surface area (Å²) in [5.74, 6) is -0.259. The number of carbonyl (C=O) groups is 1. The van der Waals surface area contributed by atoms with Gasteiger partial charge in [0.1, 0.15) is 24.1 Å². The molecule has 0 aliphatic carbocycles. The molecule has 0 spiro atoms. The van der Waals surface area contributed by atoms with E-state index in [1.54, 1.807) is 28.7 Å². The van der Waals surface area contributed by atoms with Crippen molar-refractivity contribution < 1.29 is 4.79 Å². The molecular formula is C16H13N5O2S2. The molecule has 0 unspecified atom stereocenters. The number of amides is 1. The van der Waals surface area contributed by atoms with E-state index >= 15 is 0 Å². The monoisotopic (exact) mass is 371 g/mol. The minimum atomic E-state index is -0.343. The molecule has 4 rings (SSSR count). The Balaban J connectivity index is 1.54. The van der Waals surface area contributed by atoms with Gasteiger partial charge in [0.05, 0.1) is 11.4 Å². The third-order valence-electron chi connectivity index (χ3n) is 3.60. The maximum absolute atomic E-state index is 12.5. The van der Waals surface area contributed by atoms with Gasteiger partial charge in [0, 0.05) is 4.88 Å². The number of fused-ring (bicyclic) bond motifs is 1. The summed E-state index contributed by atoms with van der Waals surface area (Å²) in [4.78, 5) is 26.6. The Kier molecular flexibility index (Phi) is 4.16. The van der Waals surface area contributed by atoms with Crippen LogP contribution >= 0.6 is 22.7 Å². The van der Waals surface area contributed by atoms with Gasteiger partial charge in [-0.3, -0.25) is 9.59 Å². The number of thiophene rings is 2. The standard InChI is InChI=1S/C16H13N5O2S2/c22-15(17-8-11-3-1-5-24-11)9-20-16(23)13-7-12(14-4-2-6-25-14)19-21(13)10-18-20/h1-7,10H,8-9H2,(H,17,22). The van der Waals surface area contributed by atoms with Crippen molar-refractivity contribution in [3.8, 4) is 10.6 Å². The first kappa shape index (κ1) is 15.7. The number of nitrogens with one attached hydrogen (secondary N) is 1. The number of hydrogen-bond acceptors (Lipinski definition) is 6. The molecule has 0 atom stereocenters. The number of carbonyl (C=O) groups excluding carboxylic acids is 1. The molecule has 126 valence electrons. The van der Waals surface area contributed by atoms with Gasteiger partial charge in [0.25, 0.3) is 5.56 Å². The van der Waals surface area contributed by atoms with Crippen LogP contribution in [-0.4, -0.2) is 25.3 Å². The lowest BCUT2D eigenvalue weighted by Crippen LogP contribution is -2.33. The van der Waals surface area contributed by atoms with Crippen molar-refractivity contribution in [3.05, 3.63) is 62.7 Å². The van der Waals surface area contributed by atoms with Crippen LogP contribution in [0.5, 0.6) is 0 Å². The van der Waals surface area contributed by atoms with Crippen LogP contribution in [-0.2, 0) is 17.9 Å². The normalized spacial score (nSPS) is 11.0. The van der Waals surface area contributed by atoms with Gasteiger partial charge >= 0.3 is 0 Å². The average Bonchev–Trinajstić information content (AvgIpc) is 3.36. The maximum Gasteiger partial charge on any atom is 0.293 e. The summed E-state index contributed by atoms with van der Waals surface area (Å²) in [5, 5.41) is 15.1. The molecule has 0 aliphatic heterocycles. The zero-order chi connectivity index (χ0) is 17.2. The molecule has 7 nitrogen and oxygen atoms in total. The van der Waals surface area contributed by atoms with Crippen LogP contribution in [0.3, 0.4) is 0 Å². The molecule has 0 saturated heterocycles. The number of hydrogen-bond donors (Lipinski definition) is 1. The predicted octanol–water partition coefficient (Wildman–Crippen LogP) is 2.00. The van der Waals surface area contributed by atoms with E-state index in [-0.39, 0.29) is 18.0 Å². The molecule has 4 aromatic heterocycles. The maximum atomic E-state index is 12.5. The lowest BCUT2D eigenvalue weighted by Gasteiger charge is -2.05. The fourth-order valence-electron chi connectivity index (χ4n) is 2.39. The molecule has 0 fully saturated rings. The largest absolute Gasteiger partial charge is 0.350 e. The molecule has 0 saturated carbocycles. The first-order chi connectivity index (χ1) is 12.2. The van der Waals surface area contributed by atoms with Gasteiger partial charge < -0.3 is 5.32 Å². The molecular weight excluding hydrogens is 358 g/mol. The third kappa shape index (κ3) is 3.24. The summed E-state index contributed by atoms with van der Waals surface area (Å²) in [6.45, 7) is 0.322. The Labute approximate surface area is 150 Å². The van der Waals surface area contributed by atoms with Crippen LogP contribution in [0.1, 0.15) is 4.88 Å². The van der Waals surface area contributed by atoms with Gasteiger partial charge in [-0.2, -0.15) is 10.2 Å². The smallest absolute Gasteiger partial charge is 0.293 e. The van der Waals surface area contributed by atoms with Gasteiger partial charge in [-0.1, -0.05) is 12.1 Å². The molecule has 4 heterocycles. The molecule has 0 aliphatic rings. The molecule has 1 amide bonds. The topological polar surface area (TPSA) is 81.3 Å². The molecule has 9 heteroatoms. The third-order valence-corrected chi connectivity index (χ3v) is 5.37. The van der Waals surface area contributed by atoms with Crippen LogP contribution in [0.15, 0.2) is 52.2 Å². The molecule has 25 heavy (non-hydrogen) atoms. The molecule has 4 aromatic rings. The summed E-state index contributed by atoms with van der Waals surface area (Å²) < 4.78 is 2.59. The van der Waals surface area contributed by atoms with Crippen LogP contribution in [0.4, 0.5) is 0 Å². The Morgan fingerprint density at radius 2 is 2.04 bits per heavy atom. The van der Waals surface area contributed by atoms with Crippen molar-refractivity contribution >= 4 is 34.1 Å². The number of aromatic nitrogens is 4. The minimum absolute atomic E-state index is 0.125. The Morgan fingerprint density at radius 3 is 2.80 bits per heavy atom. The second-order valence-electron chi connectivity index (χ2n) is 5.29. The van der Waals surface area contributed by atoms with E-state index < -0.39 is 0 Å². The number of nitrogens with zero attached hydrogens (tertiary/aromatic N) is 4. The van der Waals surface area contributed by atoms with Crippen molar-refractivity contribution in [3.63, 3.8) is 0 Å². The molecule has 0 radical (unpaired) electrons. The Hall–Kier alpha value is -2.78. The number of rotatable bonds is 5. The van der Waals surface area contributed by atoms with Crippen LogP contribution in [0, 0.1) is 0 Å². The van der Waals surface area contributed by atoms with Gasteiger partial charge in [-0.05, 0) is 29.0 Å². The fourth-order valence-corrected chi connectivity index (χ4v) is 3.71. The second-order valence-corrected chi connectivity index (χ2v) is 7.27. The first-order valence-corrected chi connectivity index (χ1v) is 9.25. The van der Waals surface area contributed by atoms with E-state index in [2.05, 4.69) is 15.5 Å². The van der Waals surface area contributed by atoms with Gasteiger partial charge in [0.15, 0.2) is 0 Å². The SMILES string of the molecule is O=C(Cn1ncn2nc(-c3cccs3)cc2c1=O)NCc1cccs1. The van der Waals surface area contributed by atoms with Gasteiger partial charge in [-0.25, -0.2) is 9.20 Å². The lowest BCUT2D eigenvalue weighted by atomic mass is 10.3. The highest BCUT2D eigenvalue weighted by molar-refractivity contribution is 7.13. The first-order valence-electron chi connectivity index (χ1n) is 7.49. The fraction of sp³-hybridized carbons (Fsp3) is 0.125. The van der Waals surface area contributed by atoms with Gasteiger partial charge in [-0.15, -0.1) is 22.7 Å². The highest BCUT2D eigenvalue weighted by Crippen LogP contribution is 2.23. The molecule has 0 aromatic carbocycles. The highest BCUT2D eigenvalue weighted by Gasteiger charge is 2.12. The Morgan fingerprint density at radius 1 is 1.20 bits per heavy atom. The summed E-state index contributed by atoms with van der Waals surface area (Å²) in [7, 11) is 0. The summed E-state index contributed by atoms with van der Waals surface area (Å²) in [5.41, 5.74) is 0.766. The summed E-state index contributed by atoms with van der Waals surface area (Å²) >= 11 is 3.12. The molecule has 0 bridgehead atoms. The lowest BCUT2D eigenvalue weighted by molar-refractivity contribution is -0.122. The van der Waals surface area contributed by atoms with Crippen molar-refractivity contribution in [1.82, 2.24) is 24.7 Å². The van der Waals surface area contributed by atoms with E-state index in [1.165, 1.54) is 10.8 Å². The van der Waals surface area contributed by atoms with Crippen LogP contribution < -0.4 is 10.9 Å². The predicted molar refractivity (Wildman–Crippen MR) is 96.7 cm³/mol. The van der Waals surface area contributed by atoms with Crippen molar-refractivity contribution in [1.29, 1.82) is 0 Å². The van der Waals surface area contributed by atoms with E-state index in [0.717, 1.165) is 14.4 Å². The van der Waals surface area contributed by atoms with E-state index in [4.69, 9.17) is 0 Å². The second kappa shape index (κ2) is 6.61. The summed E-state index contributed by atoms with van der Waals surface area (Å²) in [6, 6.07) is 9.46. The van der Waals surface area contributed by atoms with E-state index in [9.17, 15) is 9.59 Å². The average molecular weight is 371 g/mol. The van der Waals surface area contributed by atoms with Crippen molar-refractivity contribution in [2.75, 3.05) is 0 Å². The minimum Gasteiger partial charge on any atom is -0.350 e. The van der Waals surface area contributed by atoms with Crippen molar-refractivity contribution in [2.24, 2.45) is 0 Å². The molecule has 1 N–H and O–H groups in total. The van der Waals surface area contributed by atoms with Gasteiger partial charge in [0.2, 0.25) is 5.91 Å². The quantitative estimate of drug-likeness (QED) is 0.582. The van der Waals surface area contributed by atoms with E-state index in [0.29, 0.717) is 17.8 Å². The highest BCUT2D eigenvalue weighted by atomic mass is 32.1. The van der Waals surface area contributed by atoms with Crippen molar-refractivity contribution in [2.45, 2.75) is 13.1 Å². The van der Waals surface area contributed by atoms with Crippen LogP contribution in [0.2, 0.25) is 0 Å². The van der Waals surface area contributed by atoms with E-state index in [1.807, 2.05) is 35.0 Å².